The third-order valence-electron chi connectivity index (χ3n) is 2.90. The zero-order valence-electron chi connectivity index (χ0n) is 12.0. The van der Waals surface area contributed by atoms with Crippen LogP contribution in [0.5, 0.6) is 0 Å². The van der Waals surface area contributed by atoms with Crippen molar-refractivity contribution in [3.8, 4) is 0 Å². The first-order chi connectivity index (χ1) is 10.3. The largest absolute Gasteiger partial charge is 0.289 e. The Balaban J connectivity index is 2.17. The monoisotopic (exact) mass is 399 g/mol. The zero-order valence-corrected chi connectivity index (χ0v) is 15.2. The van der Waals surface area contributed by atoms with Crippen molar-refractivity contribution in [2.75, 3.05) is 14.1 Å². The van der Waals surface area contributed by atoms with Crippen molar-refractivity contribution in [2.24, 2.45) is 0 Å². The summed E-state index contributed by atoms with van der Waals surface area (Å²) in [6.45, 7) is 0. The van der Waals surface area contributed by atoms with E-state index in [0.717, 1.165) is 13.7 Å². The topological polar surface area (TPSA) is 54.5 Å². The number of hydrogen-bond donors (Lipinski definition) is 0. The van der Waals surface area contributed by atoms with E-state index >= 15 is 0 Å². The molecule has 4 nitrogen and oxygen atoms in total. The highest BCUT2D eigenvalue weighted by Crippen LogP contribution is 2.21. The second kappa shape index (κ2) is 6.87. The molecule has 0 aliphatic heterocycles. The number of benzene rings is 1. The van der Waals surface area contributed by atoms with Crippen molar-refractivity contribution in [2.45, 2.75) is 4.90 Å². The molecule has 0 atom stereocenters. The van der Waals surface area contributed by atoms with Gasteiger partial charge in [-0.05, 0) is 58.4 Å². The average molecular weight is 400 g/mol. The number of ketones is 1. The molecule has 7 heteroatoms. The second-order valence-electron chi connectivity index (χ2n) is 4.68. The summed E-state index contributed by atoms with van der Waals surface area (Å²) in [6, 6.07) is 7.85. The molecule has 0 radical (unpaired) electrons. The van der Waals surface area contributed by atoms with E-state index in [4.69, 9.17) is 0 Å². The first-order valence-corrected chi connectivity index (χ1v) is 9.41. The molecule has 0 N–H and O–H groups in total. The first-order valence-electron chi connectivity index (χ1n) is 6.30. The summed E-state index contributed by atoms with van der Waals surface area (Å²) >= 11 is 4.88. The molecule has 0 amide bonds. The third-order valence-corrected chi connectivity index (χ3v) is 6.39. The highest BCUT2D eigenvalue weighted by atomic mass is 79.9. The Kier molecular flexibility index (Phi) is 5.33. The van der Waals surface area contributed by atoms with Gasteiger partial charge in [0.1, 0.15) is 0 Å². The van der Waals surface area contributed by atoms with Crippen LogP contribution in [0.1, 0.15) is 15.2 Å². The van der Waals surface area contributed by atoms with Crippen LogP contribution < -0.4 is 0 Å². The van der Waals surface area contributed by atoms with E-state index in [1.54, 1.807) is 6.08 Å². The van der Waals surface area contributed by atoms with Gasteiger partial charge in [0.25, 0.3) is 0 Å². The lowest BCUT2D eigenvalue weighted by molar-refractivity contribution is 0.104. The van der Waals surface area contributed by atoms with Gasteiger partial charge in [-0.2, -0.15) is 0 Å². The second-order valence-corrected chi connectivity index (χ2v) is 8.69. The van der Waals surface area contributed by atoms with Crippen LogP contribution >= 0.6 is 27.3 Å². The fourth-order valence-electron chi connectivity index (χ4n) is 1.67. The van der Waals surface area contributed by atoms with E-state index in [1.165, 1.54) is 55.8 Å². The molecule has 0 unspecified atom stereocenters. The predicted octanol–water partition coefficient (Wildman–Crippen LogP) is 3.66. The molecule has 2 aromatic rings. The molecule has 1 heterocycles. The summed E-state index contributed by atoms with van der Waals surface area (Å²) in [5.74, 6) is -0.168. The molecule has 0 aliphatic rings. The lowest BCUT2D eigenvalue weighted by Gasteiger charge is -2.11. The fraction of sp³-hybridized carbons (Fsp3) is 0.133. The van der Waals surface area contributed by atoms with E-state index in [-0.39, 0.29) is 10.7 Å². The maximum absolute atomic E-state index is 12.1. The van der Waals surface area contributed by atoms with Gasteiger partial charge in [0.15, 0.2) is 5.78 Å². The summed E-state index contributed by atoms with van der Waals surface area (Å²) in [4.78, 5) is 13.2. The highest BCUT2D eigenvalue weighted by Gasteiger charge is 2.17. The summed E-state index contributed by atoms with van der Waals surface area (Å²) < 4.78 is 26.0. The maximum Gasteiger partial charge on any atom is 0.242 e. The molecule has 0 bridgehead atoms. The number of sulfonamides is 1. The van der Waals surface area contributed by atoms with Gasteiger partial charge in [-0.1, -0.05) is 0 Å². The lowest BCUT2D eigenvalue weighted by Crippen LogP contribution is -2.22. The Labute approximate surface area is 142 Å². The zero-order chi connectivity index (χ0) is 16.3. The van der Waals surface area contributed by atoms with Gasteiger partial charge in [0.05, 0.1) is 4.90 Å². The molecule has 0 spiro atoms. The SMILES string of the molecule is CN(C)S(=O)(=O)c1ccc(C(=O)C=Cc2cc(Br)cs2)cc1. The minimum atomic E-state index is -3.47. The van der Waals surface area contributed by atoms with Gasteiger partial charge in [-0.3, -0.25) is 4.79 Å². The van der Waals surface area contributed by atoms with Gasteiger partial charge >= 0.3 is 0 Å². The van der Waals surface area contributed by atoms with Crippen LogP contribution in [0.4, 0.5) is 0 Å². The van der Waals surface area contributed by atoms with E-state index in [1.807, 2.05) is 11.4 Å². The Hall–Kier alpha value is -1.28. The maximum atomic E-state index is 12.1. The number of hydrogen-bond acceptors (Lipinski definition) is 4. The molecular weight excluding hydrogens is 386 g/mol. The van der Waals surface area contributed by atoms with Gasteiger partial charge < -0.3 is 0 Å². The van der Waals surface area contributed by atoms with E-state index in [9.17, 15) is 13.2 Å². The Bertz CT molecular complexity index is 806. The quantitative estimate of drug-likeness (QED) is 0.569. The summed E-state index contributed by atoms with van der Waals surface area (Å²) in [5.41, 5.74) is 0.449. The number of halogens is 1. The number of nitrogens with zero attached hydrogens (tertiary/aromatic N) is 1. The van der Waals surface area contributed by atoms with Crippen LogP contribution in [0.2, 0.25) is 0 Å². The number of carbonyl (C=O) groups excluding carboxylic acids is 1. The normalized spacial score (nSPS) is 12.2. The average Bonchev–Trinajstić information content (AvgIpc) is 2.90. The van der Waals surface area contributed by atoms with Crippen molar-refractivity contribution in [1.82, 2.24) is 4.31 Å². The summed E-state index contributed by atoms with van der Waals surface area (Å²) in [6.07, 6.45) is 3.22. The van der Waals surface area contributed by atoms with E-state index in [0.29, 0.717) is 5.56 Å². The van der Waals surface area contributed by atoms with Gasteiger partial charge in [-0.15, -0.1) is 11.3 Å². The summed E-state index contributed by atoms with van der Waals surface area (Å²) in [7, 11) is -0.534. The molecule has 0 aliphatic carbocycles. The predicted molar refractivity (Wildman–Crippen MR) is 92.7 cm³/mol. The first kappa shape index (κ1) is 17.1. The lowest BCUT2D eigenvalue weighted by atomic mass is 10.1. The van der Waals surface area contributed by atoms with Crippen LogP contribution in [0.3, 0.4) is 0 Å². The van der Waals surface area contributed by atoms with Crippen LogP contribution in [0.25, 0.3) is 6.08 Å². The Morgan fingerprint density at radius 3 is 2.36 bits per heavy atom. The molecule has 1 aromatic carbocycles. The number of carbonyl (C=O) groups is 1. The standard InChI is InChI=1S/C15H14BrNO3S2/c1-17(2)22(19,20)14-6-3-11(4-7-14)15(18)8-5-13-9-12(16)10-21-13/h3-10H,1-2H3. The van der Waals surface area contributed by atoms with Crippen molar-refractivity contribution in [1.29, 1.82) is 0 Å². The molecule has 1 aromatic heterocycles. The van der Waals surface area contributed by atoms with Crippen LogP contribution in [-0.2, 0) is 10.0 Å². The van der Waals surface area contributed by atoms with Crippen LogP contribution in [-0.4, -0.2) is 32.6 Å². The Morgan fingerprint density at radius 1 is 1.23 bits per heavy atom. The fourth-order valence-corrected chi connectivity index (χ4v) is 3.91. The van der Waals surface area contributed by atoms with Crippen molar-refractivity contribution >= 4 is 49.1 Å². The molecule has 116 valence electrons. The van der Waals surface area contributed by atoms with Gasteiger partial charge in [-0.25, -0.2) is 12.7 Å². The molecule has 2 rings (SSSR count). The molecular formula is C15H14BrNO3S2. The molecule has 22 heavy (non-hydrogen) atoms. The third kappa shape index (κ3) is 3.92. The summed E-state index contributed by atoms with van der Waals surface area (Å²) in [5, 5.41) is 1.94. The number of rotatable bonds is 5. The smallest absolute Gasteiger partial charge is 0.242 e. The van der Waals surface area contributed by atoms with Gasteiger partial charge in [0.2, 0.25) is 10.0 Å². The van der Waals surface area contributed by atoms with Crippen LogP contribution in [0, 0.1) is 0 Å². The molecule has 0 saturated carbocycles. The number of thiophene rings is 1. The highest BCUT2D eigenvalue weighted by molar-refractivity contribution is 9.10. The molecule has 0 fully saturated rings. The molecule has 0 saturated heterocycles. The minimum absolute atomic E-state index is 0.167. The van der Waals surface area contributed by atoms with Crippen LogP contribution in [0.15, 0.2) is 51.2 Å². The van der Waals surface area contributed by atoms with Crippen molar-refractivity contribution in [3.05, 3.63) is 56.7 Å². The Morgan fingerprint density at radius 2 is 1.86 bits per heavy atom. The number of allylic oxidation sites excluding steroid dienone is 1. The van der Waals surface area contributed by atoms with Crippen molar-refractivity contribution < 1.29 is 13.2 Å². The van der Waals surface area contributed by atoms with Gasteiger partial charge in [0, 0.05) is 34.4 Å². The van der Waals surface area contributed by atoms with E-state index in [2.05, 4.69) is 15.9 Å². The van der Waals surface area contributed by atoms with Crippen molar-refractivity contribution in [3.63, 3.8) is 0 Å². The minimum Gasteiger partial charge on any atom is -0.289 e. The van der Waals surface area contributed by atoms with E-state index < -0.39 is 10.0 Å².